The zero-order valence-corrected chi connectivity index (χ0v) is 8.62. The van der Waals surface area contributed by atoms with Crippen LogP contribution in [0.1, 0.15) is 0 Å². The molecule has 1 aromatic carbocycles. The average molecular weight is 242 g/mol. The summed E-state index contributed by atoms with van der Waals surface area (Å²) in [6.45, 7) is 0. The van der Waals surface area contributed by atoms with Gasteiger partial charge in [0.25, 0.3) is 0 Å². The van der Waals surface area contributed by atoms with Gasteiger partial charge in [-0.2, -0.15) is 0 Å². The van der Waals surface area contributed by atoms with Crippen LogP contribution in [0.15, 0.2) is 24.4 Å². The van der Waals surface area contributed by atoms with Crippen molar-refractivity contribution < 1.29 is 13.2 Å². The maximum absolute atomic E-state index is 13.0. The van der Waals surface area contributed by atoms with E-state index in [0.717, 1.165) is 12.1 Å². The highest BCUT2D eigenvalue weighted by Crippen LogP contribution is 2.21. The van der Waals surface area contributed by atoms with Gasteiger partial charge < -0.3 is 4.98 Å². The molecule has 0 saturated heterocycles. The maximum atomic E-state index is 13.0. The lowest BCUT2D eigenvalue weighted by Crippen LogP contribution is -1.93. The maximum Gasteiger partial charge on any atom is 0.197 e. The summed E-state index contributed by atoms with van der Waals surface area (Å²) in [4.78, 5) is 6.37. The largest absolute Gasteiger partial charge is 0.330 e. The second-order valence-corrected chi connectivity index (χ2v) is 3.43. The van der Waals surface area contributed by atoms with Crippen molar-refractivity contribution in [3.8, 4) is 11.3 Å². The van der Waals surface area contributed by atoms with Gasteiger partial charge in [0, 0.05) is 17.5 Å². The highest BCUT2D eigenvalue weighted by Gasteiger charge is 2.11. The molecule has 82 valence electrons. The van der Waals surface area contributed by atoms with Gasteiger partial charge in [-0.15, -0.1) is 0 Å². The Labute approximate surface area is 93.8 Å². The lowest BCUT2D eigenvalue weighted by Gasteiger charge is -2.03. The summed E-state index contributed by atoms with van der Waals surface area (Å²) in [6.07, 6.45) is 1.40. The van der Waals surface area contributed by atoms with Crippen LogP contribution in [0.2, 0.25) is 0 Å². The molecule has 2 rings (SSSR count). The van der Waals surface area contributed by atoms with Gasteiger partial charge in [-0.1, -0.05) is 0 Å². The van der Waals surface area contributed by atoms with E-state index in [0.29, 0.717) is 5.69 Å². The first kappa shape index (κ1) is 10.8. The van der Waals surface area contributed by atoms with Crippen molar-refractivity contribution in [2.24, 2.45) is 0 Å². The molecule has 1 heterocycles. The Hall–Kier alpha value is -1.69. The Morgan fingerprint density at radius 3 is 2.31 bits per heavy atom. The summed E-state index contributed by atoms with van der Waals surface area (Å²) >= 11 is 4.76. The van der Waals surface area contributed by atoms with Crippen LogP contribution >= 0.6 is 12.2 Å². The van der Waals surface area contributed by atoms with Crippen LogP contribution in [0, 0.1) is 22.2 Å². The van der Waals surface area contributed by atoms with Gasteiger partial charge in [0.05, 0.1) is 0 Å². The highest BCUT2D eigenvalue weighted by atomic mass is 32.1. The second kappa shape index (κ2) is 4.05. The zero-order chi connectivity index (χ0) is 11.7. The van der Waals surface area contributed by atoms with Gasteiger partial charge in [0.15, 0.2) is 22.2 Å². The number of hydrogen-bond donors (Lipinski definition) is 1. The Morgan fingerprint density at radius 1 is 1.12 bits per heavy atom. The van der Waals surface area contributed by atoms with E-state index in [-0.39, 0.29) is 10.3 Å². The lowest BCUT2D eigenvalue weighted by atomic mass is 10.1. The van der Waals surface area contributed by atoms with Gasteiger partial charge in [-0.05, 0) is 30.4 Å². The van der Waals surface area contributed by atoms with Crippen molar-refractivity contribution in [3.63, 3.8) is 0 Å². The van der Waals surface area contributed by atoms with E-state index in [1.54, 1.807) is 0 Å². The summed E-state index contributed by atoms with van der Waals surface area (Å²) in [5.41, 5.74) is 0.544. The van der Waals surface area contributed by atoms with Crippen molar-refractivity contribution in [3.05, 3.63) is 46.6 Å². The van der Waals surface area contributed by atoms with Gasteiger partial charge in [0.2, 0.25) is 0 Å². The third kappa shape index (κ3) is 1.96. The third-order valence-corrected chi connectivity index (χ3v) is 2.18. The van der Waals surface area contributed by atoms with Gasteiger partial charge in [-0.25, -0.2) is 18.2 Å². The van der Waals surface area contributed by atoms with Crippen molar-refractivity contribution in [2.75, 3.05) is 0 Å². The predicted molar refractivity (Wildman–Crippen MR) is 54.7 cm³/mol. The molecule has 1 aromatic heterocycles. The van der Waals surface area contributed by atoms with Crippen LogP contribution in [0.4, 0.5) is 13.2 Å². The smallest absolute Gasteiger partial charge is 0.197 e. The number of benzene rings is 1. The number of aromatic amines is 1. The molecule has 0 fully saturated rings. The Balaban J connectivity index is 2.61. The molecule has 1 N–H and O–H groups in total. The minimum absolute atomic E-state index is 0.171. The van der Waals surface area contributed by atoms with Crippen molar-refractivity contribution >= 4 is 12.2 Å². The van der Waals surface area contributed by atoms with Crippen LogP contribution in [0.5, 0.6) is 0 Å². The monoisotopic (exact) mass is 242 g/mol. The fraction of sp³-hybridized carbons (Fsp3) is 0. The van der Waals surface area contributed by atoms with Crippen LogP contribution in [-0.2, 0) is 0 Å². The van der Waals surface area contributed by atoms with Gasteiger partial charge in [0.1, 0.15) is 0 Å². The summed E-state index contributed by atoms with van der Waals surface area (Å²) in [7, 11) is 0. The quantitative estimate of drug-likeness (QED) is 0.614. The molecular weight excluding hydrogens is 237 g/mol. The van der Waals surface area contributed by atoms with Crippen molar-refractivity contribution in [1.29, 1.82) is 0 Å². The van der Waals surface area contributed by atoms with E-state index in [4.69, 9.17) is 12.2 Å². The molecule has 0 spiro atoms. The average Bonchev–Trinajstić information content (AvgIpc) is 2.25. The first-order valence-electron chi connectivity index (χ1n) is 4.28. The molecule has 0 atom stereocenters. The van der Waals surface area contributed by atoms with Crippen LogP contribution in [0.25, 0.3) is 11.3 Å². The number of H-pyrrole nitrogens is 1. The molecule has 0 aliphatic carbocycles. The van der Waals surface area contributed by atoms with Crippen molar-refractivity contribution in [1.82, 2.24) is 9.97 Å². The summed E-state index contributed by atoms with van der Waals surface area (Å²) in [5, 5.41) is 0. The van der Waals surface area contributed by atoms with Gasteiger partial charge in [-0.3, -0.25) is 0 Å². The summed E-state index contributed by atoms with van der Waals surface area (Å²) in [6, 6.07) is 3.26. The Bertz CT molecular complexity index is 572. The highest BCUT2D eigenvalue weighted by molar-refractivity contribution is 7.71. The van der Waals surface area contributed by atoms with E-state index in [1.165, 1.54) is 12.3 Å². The molecule has 2 aromatic rings. The fourth-order valence-corrected chi connectivity index (χ4v) is 1.42. The van der Waals surface area contributed by atoms with E-state index >= 15 is 0 Å². The number of rotatable bonds is 1. The number of nitrogens with one attached hydrogen (secondary N) is 1. The first-order valence-corrected chi connectivity index (χ1v) is 4.69. The fourth-order valence-electron chi connectivity index (χ4n) is 1.25. The topological polar surface area (TPSA) is 28.7 Å². The van der Waals surface area contributed by atoms with Crippen LogP contribution in [-0.4, -0.2) is 9.97 Å². The van der Waals surface area contributed by atoms with Crippen LogP contribution < -0.4 is 0 Å². The summed E-state index contributed by atoms with van der Waals surface area (Å²) in [5.74, 6) is -3.98. The van der Waals surface area contributed by atoms with E-state index in [2.05, 4.69) is 9.97 Å². The molecule has 0 aliphatic rings. The van der Waals surface area contributed by atoms with E-state index in [9.17, 15) is 13.2 Å². The molecule has 2 nitrogen and oxygen atoms in total. The number of nitrogens with zero attached hydrogens (tertiary/aromatic N) is 1. The molecule has 16 heavy (non-hydrogen) atoms. The molecular formula is C10H5F3N2S. The third-order valence-electron chi connectivity index (χ3n) is 1.97. The Kier molecular flexibility index (Phi) is 2.74. The summed E-state index contributed by atoms with van der Waals surface area (Å²) < 4.78 is 38.8. The van der Waals surface area contributed by atoms with Gasteiger partial charge >= 0.3 is 0 Å². The SMILES string of the molecule is Fc1cc(-c2ccnc(=S)[nH]2)cc(F)c1F. The molecule has 0 aliphatic heterocycles. The van der Waals surface area contributed by atoms with E-state index in [1.807, 2.05) is 0 Å². The predicted octanol–water partition coefficient (Wildman–Crippen LogP) is 3.22. The van der Waals surface area contributed by atoms with Crippen LogP contribution in [0.3, 0.4) is 0 Å². The molecule has 0 saturated carbocycles. The second-order valence-electron chi connectivity index (χ2n) is 3.04. The first-order chi connectivity index (χ1) is 7.58. The number of hydrogen-bond acceptors (Lipinski definition) is 2. The molecule has 0 radical (unpaired) electrons. The minimum atomic E-state index is -1.49. The number of aromatic nitrogens is 2. The zero-order valence-electron chi connectivity index (χ0n) is 7.80. The number of halogens is 3. The lowest BCUT2D eigenvalue weighted by molar-refractivity contribution is 0.447. The van der Waals surface area contributed by atoms with E-state index < -0.39 is 17.5 Å². The minimum Gasteiger partial charge on any atom is -0.330 e. The van der Waals surface area contributed by atoms with Crippen molar-refractivity contribution in [2.45, 2.75) is 0 Å². The normalized spacial score (nSPS) is 10.4. The molecule has 0 amide bonds. The molecule has 6 heteroatoms. The molecule has 0 bridgehead atoms. The molecule has 0 unspecified atom stereocenters. The Morgan fingerprint density at radius 2 is 1.75 bits per heavy atom. The standard InChI is InChI=1S/C10H5F3N2S/c11-6-3-5(4-7(12)9(6)13)8-1-2-14-10(16)15-8/h1-4H,(H,14,15,16).